The molecule has 4 rings (SSSR count). The third-order valence-electron chi connectivity index (χ3n) is 4.98. The predicted octanol–water partition coefficient (Wildman–Crippen LogP) is 4.22. The van der Waals surface area contributed by atoms with E-state index in [1.165, 1.54) is 17.8 Å². The average Bonchev–Trinajstić information content (AvgIpc) is 3.25. The minimum Gasteiger partial charge on any atom is -0.355 e. The zero-order valence-electron chi connectivity index (χ0n) is 18.4. The van der Waals surface area contributed by atoms with Gasteiger partial charge in [0.15, 0.2) is 11.0 Å². The summed E-state index contributed by atoms with van der Waals surface area (Å²) in [6.45, 7) is 0.426. The summed E-state index contributed by atoms with van der Waals surface area (Å²) in [6, 6.07) is 22.8. The fourth-order valence-corrected chi connectivity index (χ4v) is 4.09. The van der Waals surface area contributed by atoms with E-state index in [-0.39, 0.29) is 17.6 Å². The zero-order valence-corrected chi connectivity index (χ0v) is 19.2. The van der Waals surface area contributed by atoms with Crippen LogP contribution in [-0.2, 0) is 11.3 Å². The number of thioether (sulfide) groups is 1. The summed E-state index contributed by atoms with van der Waals surface area (Å²) in [6.07, 6.45) is 0. The van der Waals surface area contributed by atoms with Gasteiger partial charge in [0.05, 0.1) is 17.9 Å². The van der Waals surface area contributed by atoms with E-state index in [0.29, 0.717) is 34.3 Å². The van der Waals surface area contributed by atoms with Crippen LogP contribution in [0.1, 0.15) is 15.9 Å². The summed E-state index contributed by atoms with van der Waals surface area (Å²) >= 11 is 1.21. The average molecular weight is 476 g/mol. The van der Waals surface area contributed by atoms with Gasteiger partial charge < -0.3 is 10.6 Å². The Bertz CT molecular complexity index is 1310. The largest absolute Gasteiger partial charge is 0.355 e. The maximum Gasteiger partial charge on any atom is 0.251 e. The third-order valence-corrected chi connectivity index (χ3v) is 5.95. The van der Waals surface area contributed by atoms with E-state index in [4.69, 9.17) is 0 Å². The van der Waals surface area contributed by atoms with Gasteiger partial charge in [-0.15, -0.1) is 10.2 Å². The van der Waals surface area contributed by atoms with Crippen molar-refractivity contribution < 1.29 is 14.0 Å². The number of benzene rings is 3. The Kier molecular flexibility index (Phi) is 7.34. The van der Waals surface area contributed by atoms with Gasteiger partial charge in [0.25, 0.3) is 5.91 Å². The second kappa shape index (κ2) is 10.8. The van der Waals surface area contributed by atoms with Gasteiger partial charge in [0, 0.05) is 18.3 Å². The van der Waals surface area contributed by atoms with Crippen molar-refractivity contribution in [3.63, 3.8) is 0 Å². The second-order valence-electron chi connectivity index (χ2n) is 7.35. The molecule has 0 fully saturated rings. The molecule has 3 aromatic carbocycles. The molecule has 172 valence electrons. The Morgan fingerprint density at radius 3 is 2.50 bits per heavy atom. The van der Waals surface area contributed by atoms with Crippen LogP contribution in [0.3, 0.4) is 0 Å². The lowest BCUT2D eigenvalue weighted by atomic mass is 10.2. The molecule has 0 aliphatic carbocycles. The molecular formula is C25H22FN5O2S. The number of hydrogen-bond donors (Lipinski definition) is 2. The van der Waals surface area contributed by atoms with Gasteiger partial charge in [-0.3, -0.25) is 14.2 Å². The zero-order chi connectivity index (χ0) is 23.9. The van der Waals surface area contributed by atoms with Crippen molar-refractivity contribution in [2.75, 3.05) is 18.1 Å². The number of nitrogens with one attached hydrogen (secondary N) is 2. The molecule has 0 aliphatic heterocycles. The minimum absolute atomic E-state index is 0.0639. The normalized spacial score (nSPS) is 10.6. The first-order valence-electron chi connectivity index (χ1n) is 10.5. The molecule has 1 heterocycles. The number of hydrogen-bond acceptors (Lipinski definition) is 5. The number of aromatic nitrogens is 3. The van der Waals surface area contributed by atoms with Crippen LogP contribution >= 0.6 is 11.8 Å². The summed E-state index contributed by atoms with van der Waals surface area (Å²) in [5, 5.41) is 14.3. The molecule has 0 spiro atoms. The van der Waals surface area contributed by atoms with Gasteiger partial charge in [0.1, 0.15) is 5.82 Å². The topological polar surface area (TPSA) is 88.9 Å². The van der Waals surface area contributed by atoms with Crippen molar-refractivity contribution in [2.45, 2.75) is 11.7 Å². The molecule has 0 radical (unpaired) electrons. The van der Waals surface area contributed by atoms with Crippen molar-refractivity contribution in [1.29, 1.82) is 0 Å². The van der Waals surface area contributed by atoms with E-state index in [9.17, 15) is 14.0 Å². The Hall–Kier alpha value is -3.98. The van der Waals surface area contributed by atoms with Crippen molar-refractivity contribution in [3.8, 4) is 11.4 Å². The molecule has 4 aromatic rings. The van der Waals surface area contributed by atoms with Crippen LogP contribution in [-0.4, -0.2) is 39.4 Å². The van der Waals surface area contributed by atoms with E-state index < -0.39 is 5.82 Å². The van der Waals surface area contributed by atoms with Crippen LogP contribution < -0.4 is 10.6 Å². The van der Waals surface area contributed by atoms with Gasteiger partial charge in [-0.1, -0.05) is 60.3 Å². The summed E-state index contributed by atoms with van der Waals surface area (Å²) in [5.41, 5.74) is 2.31. The van der Waals surface area contributed by atoms with Crippen molar-refractivity contribution in [3.05, 3.63) is 95.8 Å². The summed E-state index contributed by atoms with van der Waals surface area (Å²) < 4.78 is 16.3. The number of rotatable bonds is 8. The predicted molar refractivity (Wildman–Crippen MR) is 130 cm³/mol. The fraction of sp³-hybridized carbons (Fsp3) is 0.120. The lowest BCUT2D eigenvalue weighted by Crippen LogP contribution is -2.19. The molecule has 9 heteroatoms. The van der Waals surface area contributed by atoms with Crippen LogP contribution in [0.25, 0.3) is 11.4 Å². The molecular weight excluding hydrogens is 453 g/mol. The molecule has 0 saturated carbocycles. The van der Waals surface area contributed by atoms with E-state index in [1.807, 2.05) is 30.3 Å². The highest BCUT2D eigenvalue weighted by Crippen LogP contribution is 2.27. The molecule has 34 heavy (non-hydrogen) atoms. The van der Waals surface area contributed by atoms with E-state index >= 15 is 0 Å². The van der Waals surface area contributed by atoms with Gasteiger partial charge in [-0.2, -0.15) is 0 Å². The molecule has 0 atom stereocenters. The van der Waals surface area contributed by atoms with Crippen molar-refractivity contribution in [2.24, 2.45) is 0 Å². The van der Waals surface area contributed by atoms with Crippen molar-refractivity contribution >= 4 is 29.3 Å². The summed E-state index contributed by atoms with van der Waals surface area (Å²) in [5.74, 6) is -0.437. The van der Waals surface area contributed by atoms with Crippen molar-refractivity contribution in [1.82, 2.24) is 20.1 Å². The highest BCUT2D eigenvalue weighted by molar-refractivity contribution is 7.99. The van der Waals surface area contributed by atoms with E-state index in [1.54, 1.807) is 54.1 Å². The first kappa shape index (κ1) is 23.2. The van der Waals surface area contributed by atoms with Crippen LogP contribution in [0.5, 0.6) is 0 Å². The minimum atomic E-state index is -0.394. The lowest BCUT2D eigenvalue weighted by molar-refractivity contribution is -0.113. The van der Waals surface area contributed by atoms with Gasteiger partial charge in [0.2, 0.25) is 5.91 Å². The Balaban J connectivity index is 1.53. The Morgan fingerprint density at radius 2 is 1.74 bits per heavy atom. The highest BCUT2D eigenvalue weighted by Gasteiger charge is 2.18. The molecule has 0 aliphatic rings. The number of carbonyl (C=O) groups excluding carboxylic acids is 2. The Morgan fingerprint density at radius 1 is 0.971 bits per heavy atom. The molecule has 0 saturated heterocycles. The molecule has 2 N–H and O–H groups in total. The first-order chi connectivity index (χ1) is 16.5. The Labute approximate surface area is 200 Å². The number of amides is 2. The smallest absolute Gasteiger partial charge is 0.251 e. The van der Waals surface area contributed by atoms with Gasteiger partial charge in [-0.05, 0) is 35.9 Å². The van der Waals surface area contributed by atoms with Crippen LogP contribution in [0.15, 0.2) is 84.0 Å². The van der Waals surface area contributed by atoms with Crippen LogP contribution in [0, 0.1) is 5.82 Å². The fourth-order valence-electron chi connectivity index (χ4n) is 3.36. The first-order valence-corrected chi connectivity index (χ1v) is 11.5. The van der Waals surface area contributed by atoms with Crippen LogP contribution in [0.2, 0.25) is 0 Å². The number of anilines is 1. The van der Waals surface area contributed by atoms with Gasteiger partial charge >= 0.3 is 0 Å². The molecule has 1 aromatic heterocycles. The van der Waals surface area contributed by atoms with E-state index in [2.05, 4.69) is 20.8 Å². The summed E-state index contributed by atoms with van der Waals surface area (Å²) in [7, 11) is 1.55. The maximum absolute atomic E-state index is 14.5. The van der Waals surface area contributed by atoms with Gasteiger partial charge in [-0.25, -0.2) is 4.39 Å². The lowest BCUT2D eigenvalue weighted by Gasteiger charge is -2.11. The third kappa shape index (κ3) is 5.49. The monoisotopic (exact) mass is 475 g/mol. The summed E-state index contributed by atoms with van der Waals surface area (Å²) in [4.78, 5) is 24.4. The standard InChI is InChI=1S/C25H22FN5O2S/c1-27-24(33)18-10-7-11-19(14-18)28-22(32)16-34-25-30-29-23(20-12-5-6-13-21(20)26)31(25)15-17-8-3-2-4-9-17/h2-14H,15-16H2,1H3,(H,27,33)(H,28,32). The highest BCUT2D eigenvalue weighted by atomic mass is 32.2. The second-order valence-corrected chi connectivity index (χ2v) is 8.30. The van der Waals surface area contributed by atoms with E-state index in [0.717, 1.165) is 5.56 Å². The molecule has 0 unspecified atom stereocenters. The molecule has 7 nitrogen and oxygen atoms in total. The number of nitrogens with zero attached hydrogens (tertiary/aromatic N) is 3. The molecule has 0 bridgehead atoms. The number of carbonyl (C=O) groups is 2. The molecule has 2 amide bonds. The SMILES string of the molecule is CNC(=O)c1cccc(NC(=O)CSc2nnc(-c3ccccc3F)n2Cc2ccccc2)c1. The maximum atomic E-state index is 14.5. The quantitative estimate of drug-likeness (QED) is 0.373. The number of halogens is 1. The van der Waals surface area contributed by atoms with Crippen LogP contribution in [0.4, 0.5) is 10.1 Å².